The van der Waals surface area contributed by atoms with Gasteiger partial charge in [-0.15, -0.1) is 0 Å². The molecule has 0 radical (unpaired) electrons. The first-order valence-electron chi connectivity index (χ1n) is 6.65. The Morgan fingerprint density at radius 3 is 2.60 bits per heavy atom. The van der Waals surface area contributed by atoms with E-state index < -0.39 is 0 Å². The third kappa shape index (κ3) is 3.40. The Hall–Kier alpha value is -1.35. The largest absolute Gasteiger partial charge is 0.489 e. The monoisotopic (exact) mass is 336 g/mol. The fourth-order valence-electron chi connectivity index (χ4n) is 2.21. The fourth-order valence-corrected chi connectivity index (χ4v) is 2.59. The van der Waals surface area contributed by atoms with Crippen LogP contribution >= 0.6 is 15.9 Å². The molecule has 2 aromatic carbocycles. The van der Waals surface area contributed by atoms with Crippen molar-refractivity contribution in [1.29, 1.82) is 0 Å². The molecule has 0 aliphatic carbocycles. The minimum Gasteiger partial charge on any atom is -0.489 e. The lowest BCUT2D eigenvalue weighted by Gasteiger charge is -2.13. The van der Waals surface area contributed by atoms with Crippen LogP contribution in [0.1, 0.15) is 36.5 Å². The molecule has 0 aliphatic rings. The van der Waals surface area contributed by atoms with Crippen molar-refractivity contribution < 1.29 is 9.13 Å². The van der Waals surface area contributed by atoms with Gasteiger partial charge in [0.05, 0.1) is 4.47 Å². The number of hydrogen-bond donors (Lipinski definition) is 0. The van der Waals surface area contributed by atoms with Crippen LogP contribution in [-0.2, 0) is 6.61 Å². The highest BCUT2D eigenvalue weighted by atomic mass is 79.9. The fraction of sp³-hybridized carbons (Fsp3) is 0.294. The Kier molecular flexibility index (Phi) is 4.81. The summed E-state index contributed by atoms with van der Waals surface area (Å²) in [6, 6.07) is 11.1. The van der Waals surface area contributed by atoms with Crippen LogP contribution in [0.25, 0.3) is 0 Å². The van der Waals surface area contributed by atoms with Gasteiger partial charge in [-0.3, -0.25) is 0 Å². The molecule has 0 bridgehead atoms. The van der Waals surface area contributed by atoms with Gasteiger partial charge in [-0.25, -0.2) is 4.39 Å². The van der Waals surface area contributed by atoms with Crippen molar-refractivity contribution in [2.75, 3.05) is 0 Å². The molecule has 0 amide bonds. The lowest BCUT2D eigenvalue weighted by molar-refractivity contribution is 0.304. The Balaban J connectivity index is 2.11. The van der Waals surface area contributed by atoms with Crippen molar-refractivity contribution in [1.82, 2.24) is 0 Å². The van der Waals surface area contributed by atoms with Crippen LogP contribution in [0.15, 0.2) is 40.9 Å². The van der Waals surface area contributed by atoms with E-state index in [0.29, 0.717) is 17.0 Å². The van der Waals surface area contributed by atoms with Gasteiger partial charge in [0.15, 0.2) is 0 Å². The van der Waals surface area contributed by atoms with Crippen LogP contribution in [0.3, 0.4) is 0 Å². The summed E-state index contributed by atoms with van der Waals surface area (Å²) in [5.41, 5.74) is 3.34. The van der Waals surface area contributed by atoms with Crippen molar-refractivity contribution in [3.63, 3.8) is 0 Å². The summed E-state index contributed by atoms with van der Waals surface area (Å²) in [5, 5.41) is 0. The molecule has 1 nitrogen and oxygen atoms in total. The van der Waals surface area contributed by atoms with Crippen LogP contribution in [0.4, 0.5) is 4.39 Å². The van der Waals surface area contributed by atoms with Crippen molar-refractivity contribution in [3.8, 4) is 5.75 Å². The predicted molar refractivity (Wildman–Crippen MR) is 83.7 cm³/mol. The number of aryl methyl sites for hydroxylation is 1. The zero-order chi connectivity index (χ0) is 14.7. The summed E-state index contributed by atoms with van der Waals surface area (Å²) in [6.07, 6.45) is 0. The van der Waals surface area contributed by atoms with Crippen LogP contribution in [0, 0.1) is 12.7 Å². The maximum Gasteiger partial charge on any atom is 0.137 e. The Morgan fingerprint density at radius 2 is 1.95 bits per heavy atom. The second kappa shape index (κ2) is 6.40. The highest BCUT2D eigenvalue weighted by Crippen LogP contribution is 2.25. The van der Waals surface area contributed by atoms with E-state index in [1.54, 1.807) is 6.07 Å². The minimum absolute atomic E-state index is 0.266. The van der Waals surface area contributed by atoms with E-state index in [2.05, 4.69) is 42.8 Å². The first-order chi connectivity index (χ1) is 9.49. The molecule has 0 N–H and O–H groups in total. The Bertz CT molecular complexity index is 608. The van der Waals surface area contributed by atoms with Crippen molar-refractivity contribution in [2.45, 2.75) is 33.3 Å². The zero-order valence-electron chi connectivity index (χ0n) is 11.9. The van der Waals surface area contributed by atoms with E-state index in [0.717, 1.165) is 11.3 Å². The van der Waals surface area contributed by atoms with Gasteiger partial charge in [-0.1, -0.05) is 32.0 Å². The van der Waals surface area contributed by atoms with Crippen molar-refractivity contribution in [3.05, 3.63) is 63.4 Å². The molecule has 0 aliphatic heterocycles. The number of benzene rings is 2. The van der Waals surface area contributed by atoms with Crippen LogP contribution in [0.2, 0.25) is 0 Å². The average molecular weight is 337 g/mol. The summed E-state index contributed by atoms with van der Waals surface area (Å²) < 4.78 is 19.6. The van der Waals surface area contributed by atoms with E-state index >= 15 is 0 Å². The molecule has 0 heterocycles. The van der Waals surface area contributed by atoms with Gasteiger partial charge in [0.2, 0.25) is 0 Å². The van der Waals surface area contributed by atoms with Crippen LogP contribution < -0.4 is 4.74 Å². The number of ether oxygens (including phenoxy) is 1. The van der Waals surface area contributed by atoms with E-state index in [4.69, 9.17) is 4.74 Å². The summed E-state index contributed by atoms with van der Waals surface area (Å²) in [4.78, 5) is 0. The maximum absolute atomic E-state index is 13.4. The summed E-state index contributed by atoms with van der Waals surface area (Å²) >= 11 is 3.24. The zero-order valence-corrected chi connectivity index (χ0v) is 13.5. The second-order valence-electron chi connectivity index (χ2n) is 5.17. The summed E-state index contributed by atoms with van der Waals surface area (Å²) in [5.74, 6) is 1.04. The molecule has 0 saturated heterocycles. The summed E-state index contributed by atoms with van der Waals surface area (Å²) in [7, 11) is 0. The molecule has 0 aromatic heterocycles. The van der Waals surface area contributed by atoms with Gasteiger partial charge in [0, 0.05) is 5.56 Å². The summed E-state index contributed by atoms with van der Waals surface area (Å²) in [6.45, 7) is 6.78. The van der Waals surface area contributed by atoms with E-state index in [-0.39, 0.29) is 5.82 Å². The number of halogens is 2. The third-order valence-corrected chi connectivity index (χ3v) is 4.18. The molecular formula is C17H18BrFO. The van der Waals surface area contributed by atoms with E-state index in [1.165, 1.54) is 17.2 Å². The number of hydrogen-bond acceptors (Lipinski definition) is 1. The lowest BCUT2D eigenvalue weighted by atomic mass is 9.98. The quantitative estimate of drug-likeness (QED) is 0.706. The van der Waals surface area contributed by atoms with Crippen LogP contribution in [-0.4, -0.2) is 0 Å². The normalized spacial score (nSPS) is 10.9. The highest BCUT2D eigenvalue weighted by molar-refractivity contribution is 9.10. The maximum atomic E-state index is 13.4. The second-order valence-corrected chi connectivity index (χ2v) is 5.97. The number of rotatable bonds is 4. The van der Waals surface area contributed by atoms with Gasteiger partial charge in [0.1, 0.15) is 18.2 Å². The SMILES string of the molecule is Cc1cc(OCc2cccc(F)c2Br)ccc1C(C)C. The molecule has 0 spiro atoms. The predicted octanol–water partition coefficient (Wildman–Crippen LogP) is 5.60. The molecule has 0 atom stereocenters. The average Bonchev–Trinajstić information content (AvgIpc) is 2.40. The van der Waals surface area contributed by atoms with Crippen molar-refractivity contribution in [2.24, 2.45) is 0 Å². The first kappa shape index (κ1) is 15.0. The molecule has 3 heteroatoms. The molecule has 0 saturated carbocycles. The molecule has 0 unspecified atom stereocenters. The molecular weight excluding hydrogens is 319 g/mol. The van der Waals surface area contributed by atoms with E-state index in [9.17, 15) is 4.39 Å². The Morgan fingerprint density at radius 1 is 1.20 bits per heavy atom. The van der Waals surface area contributed by atoms with Gasteiger partial charge in [-0.2, -0.15) is 0 Å². The smallest absolute Gasteiger partial charge is 0.137 e. The molecule has 20 heavy (non-hydrogen) atoms. The van der Waals surface area contributed by atoms with Crippen molar-refractivity contribution >= 4 is 15.9 Å². The molecule has 2 rings (SSSR count). The van der Waals surface area contributed by atoms with Gasteiger partial charge in [0.25, 0.3) is 0 Å². The first-order valence-corrected chi connectivity index (χ1v) is 7.44. The van der Waals surface area contributed by atoms with Gasteiger partial charge >= 0.3 is 0 Å². The highest BCUT2D eigenvalue weighted by Gasteiger charge is 2.07. The molecule has 2 aromatic rings. The van der Waals surface area contributed by atoms with E-state index in [1.807, 2.05) is 18.2 Å². The third-order valence-electron chi connectivity index (χ3n) is 3.29. The molecule has 106 valence electrons. The van der Waals surface area contributed by atoms with Gasteiger partial charge < -0.3 is 4.74 Å². The van der Waals surface area contributed by atoms with Gasteiger partial charge in [-0.05, 0) is 58.1 Å². The minimum atomic E-state index is -0.266. The standard InChI is InChI=1S/C17H18BrFO/c1-11(2)15-8-7-14(9-12(15)3)20-10-13-5-4-6-16(19)17(13)18/h4-9,11H,10H2,1-3H3. The lowest BCUT2D eigenvalue weighted by Crippen LogP contribution is -1.99. The topological polar surface area (TPSA) is 9.23 Å². The molecule has 0 fully saturated rings. The van der Waals surface area contributed by atoms with Crippen LogP contribution in [0.5, 0.6) is 5.75 Å². The Labute approximate surface area is 127 Å².